The Bertz CT molecular complexity index is 618. The highest BCUT2D eigenvalue weighted by atomic mass is 19.1. The van der Waals surface area contributed by atoms with Gasteiger partial charge in [-0.15, -0.1) is 0 Å². The lowest BCUT2D eigenvalue weighted by Gasteiger charge is -2.29. The van der Waals surface area contributed by atoms with Gasteiger partial charge in [0.1, 0.15) is 12.4 Å². The van der Waals surface area contributed by atoms with Crippen LogP contribution in [0.25, 0.3) is 0 Å². The highest BCUT2D eigenvalue weighted by Crippen LogP contribution is 2.23. The van der Waals surface area contributed by atoms with Crippen LogP contribution in [0.15, 0.2) is 24.3 Å². The summed E-state index contributed by atoms with van der Waals surface area (Å²) in [5.74, 6) is -1.59. The van der Waals surface area contributed by atoms with Crippen molar-refractivity contribution in [3.8, 4) is 0 Å². The van der Waals surface area contributed by atoms with E-state index in [2.05, 4.69) is 17.6 Å². The first-order valence-corrected chi connectivity index (χ1v) is 8.44. The molecule has 1 aliphatic carbocycles. The van der Waals surface area contributed by atoms with Gasteiger partial charge in [-0.2, -0.15) is 0 Å². The molecule has 2 rings (SSSR count). The summed E-state index contributed by atoms with van der Waals surface area (Å²) >= 11 is 0. The minimum absolute atomic E-state index is 0.123. The highest BCUT2D eigenvalue weighted by molar-refractivity contribution is 5.96. The first kappa shape index (κ1) is 18.9. The third-order valence-electron chi connectivity index (χ3n) is 4.32. The molecule has 0 unspecified atom stereocenters. The van der Waals surface area contributed by atoms with E-state index in [4.69, 9.17) is 4.74 Å². The Hall–Kier alpha value is -2.44. The lowest BCUT2D eigenvalue weighted by atomic mass is 9.86. The van der Waals surface area contributed by atoms with Crippen LogP contribution in [0, 0.1) is 11.7 Å². The van der Waals surface area contributed by atoms with Crippen LogP contribution < -0.4 is 10.6 Å². The van der Waals surface area contributed by atoms with Crippen molar-refractivity contribution in [2.45, 2.75) is 38.6 Å². The Labute approximate surface area is 146 Å². The number of carbonyl (C=O) groups excluding carboxylic acids is 3. The summed E-state index contributed by atoms with van der Waals surface area (Å²) < 4.78 is 17.6. The Kier molecular flexibility index (Phi) is 6.91. The van der Waals surface area contributed by atoms with Crippen molar-refractivity contribution in [2.24, 2.45) is 5.92 Å². The fraction of sp³-hybridized carbons (Fsp3) is 0.500. The van der Waals surface area contributed by atoms with Crippen molar-refractivity contribution in [2.75, 3.05) is 13.2 Å². The molecule has 0 bridgehead atoms. The van der Waals surface area contributed by atoms with E-state index in [1.54, 1.807) is 0 Å². The van der Waals surface area contributed by atoms with Crippen molar-refractivity contribution < 1.29 is 23.5 Å². The van der Waals surface area contributed by atoms with Crippen molar-refractivity contribution in [3.63, 3.8) is 0 Å². The number of hydrogen-bond donors (Lipinski definition) is 2. The molecule has 0 aliphatic heterocycles. The normalized spacial score (nSPS) is 19.8. The van der Waals surface area contributed by atoms with E-state index in [0.717, 1.165) is 31.4 Å². The molecule has 0 saturated heterocycles. The standard InChI is InChI=1S/C18H23FN2O4/c1-12-4-2-3-5-15(12)21-16(22)11-25-17(23)10-20-18(24)13-6-8-14(19)9-7-13/h6-9,12,15H,2-5,10-11H2,1H3,(H,20,24)(H,21,22)/t12-,15+/m1/s1. The van der Waals surface area contributed by atoms with Gasteiger partial charge < -0.3 is 15.4 Å². The number of ether oxygens (including phenoxy) is 1. The van der Waals surface area contributed by atoms with Crippen molar-refractivity contribution >= 4 is 17.8 Å². The lowest BCUT2D eigenvalue weighted by molar-refractivity contribution is -0.147. The van der Waals surface area contributed by atoms with Gasteiger partial charge in [0.2, 0.25) is 0 Å². The molecule has 1 aromatic rings. The average molecular weight is 350 g/mol. The van der Waals surface area contributed by atoms with Gasteiger partial charge in [0.05, 0.1) is 0 Å². The van der Waals surface area contributed by atoms with E-state index in [-0.39, 0.29) is 30.7 Å². The molecule has 1 saturated carbocycles. The van der Waals surface area contributed by atoms with Gasteiger partial charge in [0.25, 0.3) is 11.8 Å². The molecule has 2 amide bonds. The molecule has 1 fully saturated rings. The molecule has 7 heteroatoms. The first-order chi connectivity index (χ1) is 12.0. The van der Waals surface area contributed by atoms with E-state index >= 15 is 0 Å². The van der Waals surface area contributed by atoms with Crippen LogP contribution in [-0.4, -0.2) is 37.0 Å². The molecular weight excluding hydrogens is 327 g/mol. The SMILES string of the molecule is C[C@@H]1CCCC[C@@H]1NC(=O)COC(=O)CNC(=O)c1ccc(F)cc1. The molecular formula is C18H23FN2O4. The topological polar surface area (TPSA) is 84.5 Å². The van der Waals surface area contributed by atoms with Gasteiger partial charge >= 0.3 is 5.97 Å². The number of rotatable bonds is 6. The summed E-state index contributed by atoms with van der Waals surface area (Å²) in [6.07, 6.45) is 4.29. The van der Waals surface area contributed by atoms with Gasteiger partial charge in [-0.25, -0.2) is 4.39 Å². The molecule has 0 spiro atoms. The summed E-state index contributed by atoms with van der Waals surface area (Å²) in [5, 5.41) is 5.24. The molecule has 25 heavy (non-hydrogen) atoms. The number of nitrogens with one attached hydrogen (secondary N) is 2. The minimum Gasteiger partial charge on any atom is -0.454 e. The summed E-state index contributed by atoms with van der Waals surface area (Å²) in [6, 6.07) is 5.06. The second kappa shape index (κ2) is 9.15. The van der Waals surface area contributed by atoms with Gasteiger partial charge in [-0.1, -0.05) is 19.8 Å². The summed E-state index contributed by atoms with van der Waals surface area (Å²) in [5.41, 5.74) is 0.234. The zero-order chi connectivity index (χ0) is 18.2. The number of carbonyl (C=O) groups is 3. The molecule has 0 radical (unpaired) electrons. The lowest BCUT2D eigenvalue weighted by Crippen LogP contribution is -2.43. The summed E-state index contributed by atoms with van der Waals surface area (Å²) in [6.45, 7) is 1.37. The van der Waals surface area contributed by atoms with E-state index < -0.39 is 17.7 Å². The van der Waals surface area contributed by atoms with Crippen molar-refractivity contribution in [1.82, 2.24) is 10.6 Å². The molecule has 1 aromatic carbocycles. The number of esters is 1. The van der Waals surface area contributed by atoms with Gasteiger partial charge in [-0.3, -0.25) is 14.4 Å². The molecule has 136 valence electrons. The minimum atomic E-state index is -0.706. The van der Waals surface area contributed by atoms with Crippen LogP contribution in [0.1, 0.15) is 43.0 Å². The number of hydrogen-bond acceptors (Lipinski definition) is 4. The summed E-state index contributed by atoms with van der Waals surface area (Å²) in [7, 11) is 0. The van der Waals surface area contributed by atoms with Crippen molar-refractivity contribution in [1.29, 1.82) is 0 Å². The largest absolute Gasteiger partial charge is 0.454 e. The van der Waals surface area contributed by atoms with Crippen molar-refractivity contribution in [3.05, 3.63) is 35.6 Å². The Balaban J connectivity index is 1.67. The highest BCUT2D eigenvalue weighted by Gasteiger charge is 2.23. The van der Waals surface area contributed by atoms with Crippen LogP contribution >= 0.6 is 0 Å². The molecule has 6 nitrogen and oxygen atoms in total. The Morgan fingerprint density at radius 3 is 2.52 bits per heavy atom. The van der Waals surface area contributed by atoms with Gasteiger partial charge in [-0.05, 0) is 43.0 Å². The van der Waals surface area contributed by atoms with Crippen LogP contribution in [-0.2, 0) is 14.3 Å². The van der Waals surface area contributed by atoms with Gasteiger partial charge in [0, 0.05) is 11.6 Å². The average Bonchev–Trinajstić information content (AvgIpc) is 2.60. The maximum absolute atomic E-state index is 12.8. The molecule has 0 heterocycles. The van der Waals surface area contributed by atoms with E-state index in [1.807, 2.05) is 0 Å². The zero-order valence-corrected chi connectivity index (χ0v) is 14.2. The molecule has 2 atom stereocenters. The maximum Gasteiger partial charge on any atom is 0.325 e. The zero-order valence-electron chi connectivity index (χ0n) is 14.2. The first-order valence-electron chi connectivity index (χ1n) is 8.44. The smallest absolute Gasteiger partial charge is 0.325 e. The Morgan fingerprint density at radius 2 is 1.84 bits per heavy atom. The van der Waals surface area contributed by atoms with Crippen LogP contribution in [0.4, 0.5) is 4.39 Å². The Morgan fingerprint density at radius 1 is 1.16 bits per heavy atom. The monoisotopic (exact) mass is 350 g/mol. The van der Waals surface area contributed by atoms with E-state index in [1.165, 1.54) is 18.6 Å². The van der Waals surface area contributed by atoms with Crippen LogP contribution in [0.5, 0.6) is 0 Å². The van der Waals surface area contributed by atoms with Crippen LogP contribution in [0.3, 0.4) is 0 Å². The fourth-order valence-corrected chi connectivity index (χ4v) is 2.83. The second-order valence-electron chi connectivity index (χ2n) is 6.29. The van der Waals surface area contributed by atoms with E-state index in [0.29, 0.717) is 5.92 Å². The van der Waals surface area contributed by atoms with Gasteiger partial charge in [0.15, 0.2) is 6.61 Å². The summed E-state index contributed by atoms with van der Waals surface area (Å²) in [4.78, 5) is 35.2. The molecule has 2 N–H and O–H groups in total. The third-order valence-corrected chi connectivity index (χ3v) is 4.32. The third kappa shape index (κ3) is 6.17. The molecule has 0 aromatic heterocycles. The predicted molar refractivity (Wildman–Crippen MR) is 89.3 cm³/mol. The number of halogens is 1. The maximum atomic E-state index is 12.8. The molecule has 1 aliphatic rings. The number of amides is 2. The fourth-order valence-electron chi connectivity index (χ4n) is 2.83. The number of benzene rings is 1. The quantitative estimate of drug-likeness (QED) is 0.766. The second-order valence-corrected chi connectivity index (χ2v) is 6.29. The van der Waals surface area contributed by atoms with E-state index in [9.17, 15) is 18.8 Å². The predicted octanol–water partition coefficient (Wildman–Crippen LogP) is 1.79. The van der Waals surface area contributed by atoms with Crippen LogP contribution in [0.2, 0.25) is 0 Å².